The zero-order valence-corrected chi connectivity index (χ0v) is 30.2. The first-order chi connectivity index (χ1) is 25.3. The number of para-hydroxylation sites is 2. The number of nitro benzene ring substituents is 1. The Hall–Kier alpha value is -6.03. The molecule has 13 nitrogen and oxygen atoms in total. The maximum absolute atomic E-state index is 11.7. The number of hydrogen-bond donors (Lipinski definition) is 3. The van der Waals surface area contributed by atoms with E-state index in [0.29, 0.717) is 43.6 Å². The quantitative estimate of drug-likeness (QED) is 0.0832. The van der Waals surface area contributed by atoms with Crippen LogP contribution in [0.25, 0.3) is 17.1 Å². The number of allylic oxidation sites excluding steroid dienone is 7. The summed E-state index contributed by atoms with van der Waals surface area (Å²) in [5, 5.41) is 50.7. The SMILES string of the molecule is CCC(C=C1CCCC(C=Cc2n(CCC(=O)O)c3ccccc3[n+]2CCCC(=O)O)=C1C#N)=C1N(CCC(=O)O)c2ccc([N+](=O)[O-])cc2C1(C)C. The van der Waals surface area contributed by atoms with Gasteiger partial charge in [0.05, 0.1) is 36.0 Å². The van der Waals surface area contributed by atoms with Crippen LogP contribution in [0.4, 0.5) is 11.4 Å². The molecule has 1 aromatic heterocycles. The van der Waals surface area contributed by atoms with Crippen molar-refractivity contribution in [3.8, 4) is 6.07 Å². The molecule has 3 aromatic rings. The molecule has 0 atom stereocenters. The summed E-state index contributed by atoms with van der Waals surface area (Å²) in [6, 6.07) is 14.7. The lowest BCUT2D eigenvalue weighted by Crippen LogP contribution is -2.37. The van der Waals surface area contributed by atoms with Crippen molar-refractivity contribution in [1.82, 2.24) is 4.57 Å². The van der Waals surface area contributed by atoms with E-state index in [1.165, 1.54) is 6.07 Å². The second kappa shape index (κ2) is 16.1. The number of fused-ring (bicyclic) bond motifs is 2. The van der Waals surface area contributed by atoms with Gasteiger partial charge in [-0.05, 0) is 78.7 Å². The molecule has 1 aliphatic carbocycles. The summed E-state index contributed by atoms with van der Waals surface area (Å²) in [5.74, 6) is -2.11. The van der Waals surface area contributed by atoms with E-state index < -0.39 is 28.2 Å². The largest absolute Gasteiger partial charge is 0.481 e. The zero-order chi connectivity index (χ0) is 38.4. The number of nitro groups is 1. The molecule has 0 spiro atoms. The van der Waals surface area contributed by atoms with Crippen LogP contribution in [0.5, 0.6) is 0 Å². The monoisotopic (exact) mass is 722 g/mol. The van der Waals surface area contributed by atoms with E-state index in [1.54, 1.807) is 12.1 Å². The highest BCUT2D eigenvalue weighted by atomic mass is 16.6. The molecule has 276 valence electrons. The number of aromatic nitrogens is 2. The third-order valence-electron chi connectivity index (χ3n) is 10.0. The van der Waals surface area contributed by atoms with Gasteiger partial charge in [-0.2, -0.15) is 5.26 Å². The van der Waals surface area contributed by atoms with Gasteiger partial charge in [0.2, 0.25) is 0 Å². The summed E-state index contributed by atoms with van der Waals surface area (Å²) >= 11 is 0. The van der Waals surface area contributed by atoms with Crippen LogP contribution in [0.15, 0.2) is 82.6 Å². The van der Waals surface area contributed by atoms with Crippen LogP contribution < -0.4 is 9.47 Å². The average Bonchev–Trinajstić information content (AvgIpc) is 3.53. The van der Waals surface area contributed by atoms with Crippen molar-refractivity contribution in [3.05, 3.63) is 104 Å². The molecule has 2 heterocycles. The van der Waals surface area contributed by atoms with Crippen LogP contribution in [-0.4, -0.2) is 49.3 Å². The number of carbonyl (C=O) groups is 3. The molecule has 5 rings (SSSR count). The Morgan fingerprint density at radius 2 is 1.70 bits per heavy atom. The molecule has 3 N–H and O–H groups in total. The van der Waals surface area contributed by atoms with Gasteiger partial charge in [-0.25, -0.2) is 9.13 Å². The summed E-state index contributed by atoms with van der Waals surface area (Å²) in [7, 11) is 0. The third-order valence-corrected chi connectivity index (χ3v) is 10.0. The molecule has 0 bridgehead atoms. The summed E-state index contributed by atoms with van der Waals surface area (Å²) in [6.45, 7) is 6.71. The minimum atomic E-state index is -0.961. The van der Waals surface area contributed by atoms with Crippen molar-refractivity contribution in [2.75, 3.05) is 11.4 Å². The van der Waals surface area contributed by atoms with E-state index in [9.17, 15) is 45.1 Å². The van der Waals surface area contributed by atoms with Crippen LogP contribution >= 0.6 is 0 Å². The summed E-state index contributed by atoms with van der Waals surface area (Å²) in [4.78, 5) is 47.9. The summed E-state index contributed by atoms with van der Waals surface area (Å²) in [6.07, 6.45) is 8.50. The van der Waals surface area contributed by atoms with Crippen LogP contribution in [0.1, 0.15) is 83.5 Å². The maximum atomic E-state index is 11.7. The number of aliphatic carboxylic acids is 3. The highest BCUT2D eigenvalue weighted by Gasteiger charge is 2.42. The lowest BCUT2D eigenvalue weighted by atomic mass is 9.80. The maximum Gasteiger partial charge on any atom is 0.307 e. The average molecular weight is 723 g/mol. The van der Waals surface area contributed by atoms with Gasteiger partial charge in [-0.3, -0.25) is 24.5 Å². The van der Waals surface area contributed by atoms with Crippen LogP contribution in [0.2, 0.25) is 0 Å². The number of hydrogen-bond acceptors (Lipinski definition) is 7. The Kier molecular flexibility index (Phi) is 11.6. The lowest BCUT2D eigenvalue weighted by Gasteiger charge is -2.30. The molecule has 0 fully saturated rings. The predicted molar refractivity (Wildman–Crippen MR) is 198 cm³/mol. The molecule has 13 heteroatoms. The molecule has 53 heavy (non-hydrogen) atoms. The molecule has 2 aliphatic rings. The first-order valence-corrected chi connectivity index (χ1v) is 17.8. The molecular weight excluding hydrogens is 678 g/mol. The molecule has 2 aromatic carbocycles. The van der Waals surface area contributed by atoms with E-state index in [1.807, 2.05) is 77.3 Å². The van der Waals surface area contributed by atoms with Crippen LogP contribution in [0.3, 0.4) is 0 Å². The van der Waals surface area contributed by atoms with Crippen molar-refractivity contribution in [2.45, 2.75) is 90.6 Å². The number of carboxylic acids is 3. The number of nitrogens with zero attached hydrogens (tertiary/aromatic N) is 5. The Morgan fingerprint density at radius 1 is 1.00 bits per heavy atom. The first-order valence-electron chi connectivity index (χ1n) is 17.8. The number of anilines is 1. The lowest BCUT2D eigenvalue weighted by molar-refractivity contribution is -0.674. The minimum absolute atomic E-state index is 0.0234. The van der Waals surface area contributed by atoms with Gasteiger partial charge in [0.15, 0.2) is 11.0 Å². The number of non-ortho nitro benzene ring substituents is 1. The Labute approximate surface area is 307 Å². The molecule has 0 saturated heterocycles. The number of imidazole rings is 1. The molecule has 0 amide bonds. The van der Waals surface area contributed by atoms with Crippen LogP contribution in [-0.2, 0) is 32.9 Å². The number of nitriles is 1. The number of benzene rings is 2. The van der Waals surface area contributed by atoms with Gasteiger partial charge in [-0.1, -0.05) is 39.0 Å². The minimum Gasteiger partial charge on any atom is -0.481 e. The third kappa shape index (κ3) is 8.07. The number of carboxylic acid groups (broad SMARTS) is 3. The molecular formula is C40H44N5O8+. The Bertz CT molecular complexity index is 2150. The van der Waals surface area contributed by atoms with Gasteiger partial charge in [0, 0.05) is 48.0 Å². The normalized spacial score (nSPS) is 17.0. The second-order valence-corrected chi connectivity index (χ2v) is 13.8. The van der Waals surface area contributed by atoms with E-state index >= 15 is 0 Å². The van der Waals surface area contributed by atoms with Crippen molar-refractivity contribution < 1.29 is 39.2 Å². The van der Waals surface area contributed by atoms with Gasteiger partial charge < -0.3 is 20.2 Å². The predicted octanol–water partition coefficient (Wildman–Crippen LogP) is 7.06. The summed E-state index contributed by atoms with van der Waals surface area (Å²) < 4.78 is 3.92. The van der Waals surface area contributed by atoms with Gasteiger partial charge >= 0.3 is 17.9 Å². The van der Waals surface area contributed by atoms with E-state index in [4.69, 9.17) is 0 Å². The molecule has 0 unspecified atom stereocenters. The van der Waals surface area contributed by atoms with E-state index in [-0.39, 0.29) is 38.0 Å². The Balaban J connectivity index is 1.63. The van der Waals surface area contributed by atoms with Crippen LogP contribution in [0, 0.1) is 21.4 Å². The number of rotatable bonds is 15. The fourth-order valence-electron chi connectivity index (χ4n) is 7.64. The zero-order valence-electron chi connectivity index (χ0n) is 30.2. The van der Waals surface area contributed by atoms with Crippen molar-refractivity contribution >= 4 is 46.4 Å². The highest BCUT2D eigenvalue weighted by Crippen LogP contribution is 2.51. The topological polar surface area (TPSA) is 191 Å². The van der Waals surface area contributed by atoms with Crippen molar-refractivity contribution in [3.63, 3.8) is 0 Å². The smallest absolute Gasteiger partial charge is 0.307 e. The van der Waals surface area contributed by atoms with Crippen molar-refractivity contribution in [2.24, 2.45) is 0 Å². The standard InChI is InChI=1S/C40H43N5O8/c1-4-26(39-40(2,3)31-24-29(45(52)53)15-16-32(31)44(39)22-19-38(50)51)23-28-10-7-9-27(30(28)25-41)14-17-35-42(20-8-13-36(46)47)33-11-5-6-12-34(33)43(35)21-18-37(48)49/h5-6,11-12,14-17,23-24H,4,7-10,13,18-22H2,1-3H3,(H2-,46,47,48,49,50,51)/p+1. The number of aryl methyl sites for hydroxylation is 2. The second-order valence-electron chi connectivity index (χ2n) is 13.8. The Morgan fingerprint density at radius 3 is 2.36 bits per heavy atom. The molecule has 0 saturated carbocycles. The fraction of sp³-hybridized carbons (Fsp3) is 0.375. The highest BCUT2D eigenvalue weighted by molar-refractivity contribution is 5.77. The molecule has 1 aliphatic heterocycles. The fourth-order valence-corrected chi connectivity index (χ4v) is 7.64. The van der Waals surface area contributed by atoms with Gasteiger partial charge in [0.25, 0.3) is 11.5 Å². The molecule has 0 radical (unpaired) electrons. The van der Waals surface area contributed by atoms with E-state index in [2.05, 4.69) is 6.07 Å². The van der Waals surface area contributed by atoms with Gasteiger partial charge in [0.1, 0.15) is 6.54 Å². The van der Waals surface area contributed by atoms with Gasteiger partial charge in [-0.15, -0.1) is 0 Å². The van der Waals surface area contributed by atoms with E-state index in [0.717, 1.165) is 51.1 Å². The van der Waals surface area contributed by atoms with Crippen molar-refractivity contribution in [1.29, 1.82) is 5.26 Å². The first kappa shape index (κ1) is 38.2. The summed E-state index contributed by atoms with van der Waals surface area (Å²) in [5.41, 5.74) is 6.28.